The topological polar surface area (TPSA) is 86.2 Å². The normalized spacial score (nSPS) is 10.4. The van der Waals surface area contributed by atoms with E-state index in [9.17, 15) is 15.0 Å². The number of aromatic amines is 1. The van der Waals surface area contributed by atoms with Crippen LogP contribution in [0, 0.1) is 6.92 Å². The van der Waals surface area contributed by atoms with E-state index in [0.29, 0.717) is 15.7 Å². The van der Waals surface area contributed by atoms with E-state index in [0.717, 1.165) is 11.8 Å². The zero-order chi connectivity index (χ0) is 12.4. The first-order chi connectivity index (χ1) is 8.04. The molecule has 1 aromatic heterocycles. The zero-order valence-corrected chi connectivity index (χ0v) is 9.78. The molecule has 17 heavy (non-hydrogen) atoms. The number of hydrogen-bond donors (Lipinski definition) is 3. The molecule has 0 fully saturated rings. The van der Waals surface area contributed by atoms with Crippen LogP contribution in [-0.4, -0.2) is 20.2 Å². The third-order valence-corrected chi connectivity index (χ3v) is 2.93. The predicted octanol–water partition coefficient (Wildman–Crippen LogP) is 1.64. The molecule has 0 bridgehead atoms. The van der Waals surface area contributed by atoms with Gasteiger partial charge in [-0.1, -0.05) is 0 Å². The fraction of sp³-hybridized carbons (Fsp3) is 0.0909. The number of aromatic hydroxyl groups is 2. The summed E-state index contributed by atoms with van der Waals surface area (Å²) in [4.78, 5) is 18.3. The Morgan fingerprint density at radius 2 is 2.06 bits per heavy atom. The summed E-state index contributed by atoms with van der Waals surface area (Å²) in [6.07, 6.45) is 0. The van der Waals surface area contributed by atoms with Crippen molar-refractivity contribution >= 4 is 11.8 Å². The summed E-state index contributed by atoms with van der Waals surface area (Å²) in [5.41, 5.74) is 0.343. The van der Waals surface area contributed by atoms with Gasteiger partial charge in [0.15, 0.2) is 5.16 Å². The van der Waals surface area contributed by atoms with Gasteiger partial charge < -0.3 is 15.2 Å². The predicted molar refractivity (Wildman–Crippen MR) is 63.5 cm³/mol. The number of benzene rings is 1. The minimum absolute atomic E-state index is 0.0250. The van der Waals surface area contributed by atoms with Crippen LogP contribution < -0.4 is 5.56 Å². The fourth-order valence-electron chi connectivity index (χ4n) is 1.29. The van der Waals surface area contributed by atoms with Gasteiger partial charge in [0, 0.05) is 11.8 Å². The number of H-pyrrole nitrogens is 1. The van der Waals surface area contributed by atoms with E-state index in [1.54, 1.807) is 6.92 Å². The largest absolute Gasteiger partial charge is 0.508 e. The van der Waals surface area contributed by atoms with E-state index >= 15 is 0 Å². The van der Waals surface area contributed by atoms with Gasteiger partial charge in [-0.2, -0.15) is 0 Å². The maximum atomic E-state index is 11.2. The molecular formula is C11H10N2O3S. The fourth-order valence-corrected chi connectivity index (χ4v) is 2.19. The molecule has 1 heterocycles. The second kappa shape index (κ2) is 4.50. The minimum atomic E-state index is -0.250. The van der Waals surface area contributed by atoms with Crippen molar-refractivity contribution in [2.45, 2.75) is 17.0 Å². The number of phenolic OH excluding ortho intramolecular Hbond substituents is 2. The van der Waals surface area contributed by atoms with Gasteiger partial charge in [0.05, 0.1) is 4.90 Å². The van der Waals surface area contributed by atoms with E-state index in [1.807, 2.05) is 0 Å². The number of nitrogens with zero attached hydrogens (tertiary/aromatic N) is 1. The number of nitrogens with one attached hydrogen (secondary N) is 1. The zero-order valence-electron chi connectivity index (χ0n) is 8.97. The molecule has 6 heteroatoms. The maximum absolute atomic E-state index is 11.2. The first-order valence-corrected chi connectivity index (χ1v) is 5.64. The first-order valence-electron chi connectivity index (χ1n) is 4.82. The molecule has 0 atom stereocenters. The molecule has 5 nitrogen and oxygen atoms in total. The molecule has 0 unspecified atom stereocenters. The molecule has 1 aromatic carbocycles. The smallest absolute Gasteiger partial charge is 0.251 e. The molecule has 0 aliphatic heterocycles. The third-order valence-electron chi connectivity index (χ3n) is 2.00. The summed E-state index contributed by atoms with van der Waals surface area (Å²) in [5, 5.41) is 19.3. The molecule has 0 saturated carbocycles. The SMILES string of the molecule is Cc1cc(=O)[nH]c(Sc2cc(O)ccc2O)n1. The van der Waals surface area contributed by atoms with Crippen LogP contribution >= 0.6 is 11.8 Å². The third kappa shape index (κ3) is 2.79. The average molecular weight is 250 g/mol. The Morgan fingerprint density at radius 3 is 2.76 bits per heavy atom. The lowest BCUT2D eigenvalue weighted by molar-refractivity contribution is 0.448. The molecule has 3 N–H and O–H groups in total. The van der Waals surface area contributed by atoms with Crippen LogP contribution in [-0.2, 0) is 0 Å². The molecule has 88 valence electrons. The lowest BCUT2D eigenvalue weighted by Crippen LogP contribution is -2.07. The molecule has 0 aliphatic rings. The summed E-state index contributed by atoms with van der Waals surface area (Å²) in [7, 11) is 0. The van der Waals surface area contributed by atoms with Crippen LogP contribution in [0.25, 0.3) is 0 Å². The molecule has 0 amide bonds. The van der Waals surface area contributed by atoms with E-state index in [-0.39, 0.29) is 17.1 Å². The van der Waals surface area contributed by atoms with Gasteiger partial charge in [-0.05, 0) is 36.9 Å². The highest BCUT2D eigenvalue weighted by atomic mass is 32.2. The Labute approximate surface area is 101 Å². The molecule has 0 saturated heterocycles. The van der Waals surface area contributed by atoms with Crippen LogP contribution in [0.2, 0.25) is 0 Å². The van der Waals surface area contributed by atoms with Crippen molar-refractivity contribution in [3.05, 3.63) is 40.3 Å². The van der Waals surface area contributed by atoms with Gasteiger partial charge in [0.25, 0.3) is 5.56 Å². The quantitative estimate of drug-likeness (QED) is 0.557. The lowest BCUT2D eigenvalue weighted by atomic mass is 10.3. The van der Waals surface area contributed by atoms with Crippen LogP contribution in [0.1, 0.15) is 5.69 Å². The Bertz CT molecular complexity index is 610. The Hall–Kier alpha value is -1.95. The molecule has 0 spiro atoms. The molecule has 0 aliphatic carbocycles. The summed E-state index contributed by atoms with van der Waals surface area (Å²) in [6.45, 7) is 1.71. The van der Waals surface area contributed by atoms with Gasteiger partial charge in [0.2, 0.25) is 0 Å². The first kappa shape index (κ1) is 11.5. The summed E-state index contributed by atoms with van der Waals surface area (Å²) in [6, 6.07) is 5.55. The Kier molecular flexibility index (Phi) is 3.06. The van der Waals surface area contributed by atoms with Gasteiger partial charge in [-0.3, -0.25) is 4.79 Å². The van der Waals surface area contributed by atoms with Gasteiger partial charge in [-0.25, -0.2) is 4.98 Å². The van der Waals surface area contributed by atoms with E-state index in [4.69, 9.17) is 0 Å². The minimum Gasteiger partial charge on any atom is -0.508 e. The Balaban J connectivity index is 2.37. The standard InChI is InChI=1S/C11H10N2O3S/c1-6-4-10(16)13-11(12-6)17-9-5-7(14)2-3-8(9)15/h2-5,14-15H,1H3,(H,12,13,16). The number of hydrogen-bond acceptors (Lipinski definition) is 5. The van der Waals surface area contributed by atoms with Crippen LogP contribution in [0.4, 0.5) is 0 Å². The number of aryl methyl sites for hydroxylation is 1. The van der Waals surface area contributed by atoms with E-state index in [2.05, 4.69) is 9.97 Å². The molecule has 2 aromatic rings. The summed E-state index contributed by atoms with van der Waals surface area (Å²) in [5.74, 6) is 0.0669. The van der Waals surface area contributed by atoms with Crippen molar-refractivity contribution in [1.29, 1.82) is 0 Å². The highest BCUT2D eigenvalue weighted by Gasteiger charge is 2.07. The highest BCUT2D eigenvalue weighted by Crippen LogP contribution is 2.34. The van der Waals surface area contributed by atoms with Gasteiger partial charge >= 0.3 is 0 Å². The highest BCUT2D eigenvalue weighted by molar-refractivity contribution is 7.99. The van der Waals surface area contributed by atoms with E-state index < -0.39 is 0 Å². The van der Waals surface area contributed by atoms with Crippen molar-refractivity contribution < 1.29 is 10.2 Å². The van der Waals surface area contributed by atoms with Crippen molar-refractivity contribution in [3.63, 3.8) is 0 Å². The molecule has 0 radical (unpaired) electrons. The number of aromatic nitrogens is 2. The van der Waals surface area contributed by atoms with E-state index in [1.165, 1.54) is 24.3 Å². The van der Waals surface area contributed by atoms with Gasteiger partial charge in [0.1, 0.15) is 11.5 Å². The molecular weight excluding hydrogens is 240 g/mol. The van der Waals surface area contributed by atoms with Crippen LogP contribution in [0.3, 0.4) is 0 Å². The summed E-state index contributed by atoms with van der Waals surface area (Å²) >= 11 is 1.08. The van der Waals surface area contributed by atoms with Crippen LogP contribution in [0.15, 0.2) is 39.1 Å². The number of phenols is 2. The monoisotopic (exact) mass is 250 g/mol. The van der Waals surface area contributed by atoms with Gasteiger partial charge in [-0.15, -0.1) is 0 Å². The second-order valence-corrected chi connectivity index (χ2v) is 4.48. The van der Waals surface area contributed by atoms with Crippen molar-refractivity contribution in [2.75, 3.05) is 0 Å². The molecule has 2 rings (SSSR count). The maximum Gasteiger partial charge on any atom is 0.251 e. The van der Waals surface area contributed by atoms with Crippen molar-refractivity contribution in [3.8, 4) is 11.5 Å². The number of rotatable bonds is 2. The lowest BCUT2D eigenvalue weighted by Gasteiger charge is -2.04. The van der Waals surface area contributed by atoms with Crippen molar-refractivity contribution in [1.82, 2.24) is 9.97 Å². The van der Waals surface area contributed by atoms with Crippen LogP contribution in [0.5, 0.6) is 11.5 Å². The van der Waals surface area contributed by atoms with Crippen molar-refractivity contribution in [2.24, 2.45) is 0 Å². The Morgan fingerprint density at radius 1 is 1.29 bits per heavy atom. The summed E-state index contributed by atoms with van der Waals surface area (Å²) < 4.78 is 0. The second-order valence-electron chi connectivity index (χ2n) is 3.45. The average Bonchev–Trinajstić information content (AvgIpc) is 2.22.